The molecule has 0 atom stereocenters. The van der Waals surface area contributed by atoms with Crippen molar-refractivity contribution < 1.29 is 13.2 Å². The van der Waals surface area contributed by atoms with Gasteiger partial charge in [-0.2, -0.15) is 0 Å². The molecule has 4 rings (SSSR count). The molecule has 0 bridgehead atoms. The number of rotatable bonds is 7. The Hall–Kier alpha value is -2.65. The van der Waals surface area contributed by atoms with Crippen LogP contribution in [-0.2, 0) is 10.0 Å². The van der Waals surface area contributed by atoms with Crippen molar-refractivity contribution in [1.29, 1.82) is 0 Å². The first kappa shape index (κ1) is 21.6. The molecule has 1 fully saturated rings. The van der Waals surface area contributed by atoms with Crippen molar-refractivity contribution in [3.63, 3.8) is 0 Å². The van der Waals surface area contributed by atoms with Crippen LogP contribution >= 0.6 is 15.9 Å². The molecule has 0 unspecified atom stereocenters. The minimum atomic E-state index is -3.85. The maximum Gasteiger partial charge on any atom is 0.265 e. The van der Waals surface area contributed by atoms with Crippen molar-refractivity contribution in [1.82, 2.24) is 10.2 Å². The van der Waals surface area contributed by atoms with E-state index in [1.54, 1.807) is 30.3 Å². The SMILES string of the molecule is CCOc1ccc(Br)cc1S(=O)(=O)Nc1cccc(-c2ccc(N3CCCC3)nn2)c1. The molecule has 2 heterocycles. The molecule has 9 heteroatoms. The molecule has 0 radical (unpaired) electrons. The highest BCUT2D eigenvalue weighted by Gasteiger charge is 2.21. The Morgan fingerprint density at radius 1 is 1.06 bits per heavy atom. The van der Waals surface area contributed by atoms with E-state index < -0.39 is 10.0 Å². The van der Waals surface area contributed by atoms with Crippen LogP contribution in [0.3, 0.4) is 0 Å². The number of halogens is 1. The highest BCUT2D eigenvalue weighted by Crippen LogP contribution is 2.30. The molecule has 1 N–H and O–H groups in total. The first-order valence-electron chi connectivity index (χ1n) is 10.1. The smallest absolute Gasteiger partial charge is 0.265 e. The summed E-state index contributed by atoms with van der Waals surface area (Å²) >= 11 is 3.33. The lowest BCUT2D eigenvalue weighted by molar-refractivity contribution is 0.331. The Labute approximate surface area is 190 Å². The molecule has 0 aliphatic carbocycles. The average molecular weight is 503 g/mol. The van der Waals surface area contributed by atoms with Crippen LogP contribution in [0.4, 0.5) is 11.5 Å². The second-order valence-corrected chi connectivity index (χ2v) is 9.75. The number of nitrogens with zero attached hydrogens (tertiary/aromatic N) is 3. The van der Waals surface area contributed by atoms with Gasteiger partial charge in [0.1, 0.15) is 10.6 Å². The average Bonchev–Trinajstić information content (AvgIpc) is 3.30. The van der Waals surface area contributed by atoms with Gasteiger partial charge in [0, 0.05) is 28.8 Å². The summed E-state index contributed by atoms with van der Waals surface area (Å²) in [5.74, 6) is 1.17. The third kappa shape index (κ3) is 4.99. The predicted octanol–water partition coefficient (Wildman–Crippen LogP) is 4.71. The van der Waals surface area contributed by atoms with Crippen LogP contribution in [0, 0.1) is 0 Å². The molecular formula is C22H23BrN4O3S. The number of hydrogen-bond acceptors (Lipinski definition) is 6. The molecule has 2 aromatic carbocycles. The zero-order valence-corrected chi connectivity index (χ0v) is 19.5. The van der Waals surface area contributed by atoms with Crippen LogP contribution in [0.5, 0.6) is 5.75 Å². The molecule has 1 aliphatic rings. The summed E-state index contributed by atoms with van der Waals surface area (Å²) in [7, 11) is -3.85. The summed E-state index contributed by atoms with van der Waals surface area (Å²) in [4.78, 5) is 2.29. The maximum absolute atomic E-state index is 13.0. The highest BCUT2D eigenvalue weighted by molar-refractivity contribution is 9.10. The van der Waals surface area contributed by atoms with Crippen LogP contribution in [0.1, 0.15) is 19.8 Å². The zero-order chi connectivity index (χ0) is 21.8. The molecule has 3 aromatic rings. The Kier molecular flexibility index (Phi) is 6.43. The molecule has 1 aliphatic heterocycles. The van der Waals surface area contributed by atoms with Gasteiger partial charge in [0.25, 0.3) is 10.0 Å². The van der Waals surface area contributed by atoms with Crippen molar-refractivity contribution in [3.05, 3.63) is 59.1 Å². The molecule has 31 heavy (non-hydrogen) atoms. The van der Waals surface area contributed by atoms with Gasteiger partial charge in [-0.3, -0.25) is 4.72 Å². The molecular weight excluding hydrogens is 480 g/mol. The van der Waals surface area contributed by atoms with Crippen molar-refractivity contribution in [2.45, 2.75) is 24.7 Å². The molecule has 7 nitrogen and oxygen atoms in total. The third-order valence-corrected chi connectivity index (χ3v) is 6.88. The summed E-state index contributed by atoms with van der Waals surface area (Å²) in [6, 6.07) is 15.9. The molecule has 1 saturated heterocycles. The Balaban J connectivity index is 1.58. The summed E-state index contributed by atoms with van der Waals surface area (Å²) in [5, 5.41) is 8.69. The number of anilines is 2. The fraction of sp³-hybridized carbons (Fsp3) is 0.273. The summed E-state index contributed by atoms with van der Waals surface area (Å²) in [6.45, 7) is 4.19. The predicted molar refractivity (Wildman–Crippen MR) is 125 cm³/mol. The summed E-state index contributed by atoms with van der Waals surface area (Å²) in [5.41, 5.74) is 1.90. The van der Waals surface area contributed by atoms with E-state index >= 15 is 0 Å². The van der Waals surface area contributed by atoms with Crippen LogP contribution in [-0.4, -0.2) is 38.3 Å². The van der Waals surface area contributed by atoms with Gasteiger partial charge in [0.15, 0.2) is 5.82 Å². The summed E-state index contributed by atoms with van der Waals surface area (Å²) < 4.78 is 34.9. The molecule has 0 amide bonds. The van der Waals surface area contributed by atoms with Gasteiger partial charge in [-0.1, -0.05) is 28.1 Å². The van der Waals surface area contributed by atoms with Gasteiger partial charge >= 0.3 is 0 Å². The van der Waals surface area contributed by atoms with Gasteiger partial charge in [-0.05, 0) is 62.2 Å². The second-order valence-electron chi connectivity index (χ2n) is 7.18. The highest BCUT2D eigenvalue weighted by atomic mass is 79.9. The maximum atomic E-state index is 13.0. The minimum absolute atomic E-state index is 0.0730. The van der Waals surface area contributed by atoms with Gasteiger partial charge < -0.3 is 9.64 Å². The van der Waals surface area contributed by atoms with E-state index in [4.69, 9.17) is 4.74 Å². The van der Waals surface area contributed by atoms with E-state index in [-0.39, 0.29) is 4.90 Å². The monoisotopic (exact) mass is 502 g/mol. The summed E-state index contributed by atoms with van der Waals surface area (Å²) in [6.07, 6.45) is 2.35. The molecule has 0 spiro atoms. The van der Waals surface area contributed by atoms with Gasteiger partial charge in [-0.15, -0.1) is 10.2 Å². The van der Waals surface area contributed by atoms with Crippen LogP contribution in [0.2, 0.25) is 0 Å². The molecule has 1 aromatic heterocycles. The fourth-order valence-corrected chi connectivity index (χ4v) is 5.25. The number of nitrogens with one attached hydrogen (secondary N) is 1. The number of hydrogen-bond donors (Lipinski definition) is 1. The van der Waals surface area contributed by atoms with Crippen molar-refractivity contribution >= 4 is 37.5 Å². The first-order valence-corrected chi connectivity index (χ1v) is 12.4. The number of ether oxygens (including phenoxy) is 1. The lowest BCUT2D eigenvalue weighted by atomic mass is 10.1. The van der Waals surface area contributed by atoms with E-state index in [0.717, 1.165) is 24.5 Å². The lowest BCUT2D eigenvalue weighted by Gasteiger charge is -2.15. The van der Waals surface area contributed by atoms with Gasteiger partial charge in [0.05, 0.1) is 12.3 Å². The van der Waals surface area contributed by atoms with Crippen molar-refractivity contribution in [2.24, 2.45) is 0 Å². The quantitative estimate of drug-likeness (QED) is 0.503. The Bertz CT molecular complexity index is 1160. The molecule has 0 saturated carbocycles. The fourth-order valence-electron chi connectivity index (χ4n) is 3.51. The van der Waals surface area contributed by atoms with Crippen molar-refractivity contribution in [2.75, 3.05) is 29.3 Å². The lowest BCUT2D eigenvalue weighted by Crippen LogP contribution is -2.19. The van der Waals surface area contributed by atoms with E-state index in [9.17, 15) is 8.42 Å². The zero-order valence-electron chi connectivity index (χ0n) is 17.1. The van der Waals surface area contributed by atoms with Crippen LogP contribution < -0.4 is 14.4 Å². The number of aromatic nitrogens is 2. The van der Waals surface area contributed by atoms with E-state index in [1.165, 1.54) is 18.9 Å². The van der Waals surface area contributed by atoms with Crippen LogP contribution in [0.25, 0.3) is 11.3 Å². The standard InChI is InChI=1S/C22H23BrN4O3S/c1-2-30-20-10-8-17(23)15-21(20)31(28,29)26-18-7-5-6-16(14-18)19-9-11-22(25-24-19)27-12-3-4-13-27/h5-11,14-15,26H,2-4,12-13H2,1H3. The van der Waals surface area contributed by atoms with E-state index in [1.807, 2.05) is 25.1 Å². The van der Waals surface area contributed by atoms with Crippen molar-refractivity contribution in [3.8, 4) is 17.0 Å². The Morgan fingerprint density at radius 3 is 2.58 bits per heavy atom. The first-order chi connectivity index (χ1) is 15.0. The van der Waals surface area contributed by atoms with Gasteiger partial charge in [-0.25, -0.2) is 8.42 Å². The normalized spacial score (nSPS) is 13.9. The number of benzene rings is 2. The Morgan fingerprint density at radius 2 is 1.87 bits per heavy atom. The minimum Gasteiger partial charge on any atom is -0.492 e. The van der Waals surface area contributed by atoms with E-state index in [2.05, 4.69) is 35.7 Å². The molecule has 162 valence electrons. The topological polar surface area (TPSA) is 84.4 Å². The second kappa shape index (κ2) is 9.23. The largest absolute Gasteiger partial charge is 0.492 e. The van der Waals surface area contributed by atoms with Gasteiger partial charge in [0.2, 0.25) is 0 Å². The number of sulfonamides is 1. The third-order valence-electron chi connectivity index (χ3n) is 4.99. The van der Waals surface area contributed by atoms with Crippen LogP contribution in [0.15, 0.2) is 64.0 Å². The van der Waals surface area contributed by atoms with E-state index in [0.29, 0.717) is 28.2 Å².